The van der Waals surface area contributed by atoms with Gasteiger partial charge >= 0.3 is 5.97 Å². The van der Waals surface area contributed by atoms with E-state index in [1.165, 1.54) is 0 Å². The van der Waals surface area contributed by atoms with E-state index in [9.17, 15) is 13.2 Å². The molecule has 102 valence electrons. The van der Waals surface area contributed by atoms with Crippen LogP contribution in [0.3, 0.4) is 0 Å². The van der Waals surface area contributed by atoms with Crippen molar-refractivity contribution >= 4 is 27.3 Å². The van der Waals surface area contributed by atoms with Crippen LogP contribution in [0.25, 0.3) is 0 Å². The number of aromatic carboxylic acids is 1. The van der Waals surface area contributed by atoms with Gasteiger partial charge in [0.05, 0.1) is 0 Å². The van der Waals surface area contributed by atoms with Gasteiger partial charge in [0, 0.05) is 11.4 Å². The summed E-state index contributed by atoms with van der Waals surface area (Å²) in [5.74, 6) is -1.71. The fourth-order valence-corrected chi connectivity index (χ4v) is 3.08. The first-order valence-corrected chi connectivity index (χ1v) is 7.70. The molecule has 6 nitrogen and oxygen atoms in total. The van der Waals surface area contributed by atoms with Gasteiger partial charge in [-0.25, -0.2) is 17.9 Å². The Bertz CT molecular complexity index is 657. The van der Waals surface area contributed by atoms with Crippen molar-refractivity contribution in [2.45, 2.75) is 11.5 Å². The molecule has 0 atom stereocenters. The monoisotopic (exact) mass is 301 g/mol. The van der Waals surface area contributed by atoms with Crippen molar-refractivity contribution in [1.29, 1.82) is 0 Å². The third-order valence-electron chi connectivity index (χ3n) is 2.30. The van der Waals surface area contributed by atoms with Gasteiger partial charge in [-0.1, -0.05) is 6.07 Å². The molecular formula is C11H11NO5S2. The molecule has 0 spiro atoms. The molecule has 2 aromatic heterocycles. The second kappa shape index (κ2) is 5.55. The van der Waals surface area contributed by atoms with Crippen LogP contribution in [-0.2, 0) is 16.4 Å². The zero-order valence-electron chi connectivity index (χ0n) is 9.70. The van der Waals surface area contributed by atoms with Crippen LogP contribution in [0.15, 0.2) is 39.2 Å². The Morgan fingerprint density at radius 1 is 1.37 bits per heavy atom. The molecule has 0 radical (unpaired) electrons. The van der Waals surface area contributed by atoms with Crippen molar-refractivity contribution < 1.29 is 22.7 Å². The van der Waals surface area contributed by atoms with E-state index in [2.05, 4.69) is 4.72 Å². The van der Waals surface area contributed by atoms with Crippen LogP contribution in [0, 0.1) is 0 Å². The molecule has 0 aliphatic heterocycles. The van der Waals surface area contributed by atoms with Crippen LogP contribution in [0.2, 0.25) is 0 Å². The molecule has 0 bridgehead atoms. The molecule has 2 N–H and O–H groups in total. The van der Waals surface area contributed by atoms with E-state index in [0.29, 0.717) is 6.42 Å². The van der Waals surface area contributed by atoms with Crippen molar-refractivity contribution in [3.63, 3.8) is 0 Å². The maximum absolute atomic E-state index is 11.8. The predicted octanol–water partition coefficient (Wildman–Crippen LogP) is 1.56. The molecule has 0 unspecified atom stereocenters. The van der Waals surface area contributed by atoms with E-state index < -0.39 is 26.8 Å². The molecule has 0 aliphatic rings. The Morgan fingerprint density at radius 3 is 2.74 bits per heavy atom. The molecule has 0 fully saturated rings. The van der Waals surface area contributed by atoms with E-state index in [4.69, 9.17) is 9.52 Å². The molecule has 8 heteroatoms. The normalized spacial score (nSPS) is 11.6. The highest BCUT2D eigenvalue weighted by molar-refractivity contribution is 7.89. The fraction of sp³-hybridized carbons (Fsp3) is 0.182. The Labute approximate surface area is 113 Å². The van der Waals surface area contributed by atoms with Crippen LogP contribution >= 0.6 is 11.3 Å². The average Bonchev–Trinajstić information content (AvgIpc) is 2.99. The van der Waals surface area contributed by atoms with Crippen LogP contribution < -0.4 is 4.72 Å². The summed E-state index contributed by atoms with van der Waals surface area (Å²) in [6.45, 7) is 0.228. The molecule has 19 heavy (non-hydrogen) atoms. The van der Waals surface area contributed by atoms with Crippen LogP contribution in [-0.4, -0.2) is 26.0 Å². The number of hydrogen-bond acceptors (Lipinski definition) is 5. The van der Waals surface area contributed by atoms with Gasteiger partial charge in [-0.3, -0.25) is 0 Å². The van der Waals surface area contributed by atoms with Crippen LogP contribution in [0.1, 0.15) is 15.4 Å². The van der Waals surface area contributed by atoms with Crippen molar-refractivity contribution in [2.75, 3.05) is 6.54 Å². The highest BCUT2D eigenvalue weighted by atomic mass is 32.2. The van der Waals surface area contributed by atoms with Crippen molar-refractivity contribution in [3.05, 3.63) is 40.3 Å². The third-order valence-corrected chi connectivity index (χ3v) is 4.57. The number of sulfonamides is 1. The number of carboxylic acid groups (broad SMARTS) is 1. The first-order chi connectivity index (χ1) is 8.99. The summed E-state index contributed by atoms with van der Waals surface area (Å²) >= 11 is 1.54. The van der Waals surface area contributed by atoms with Gasteiger partial charge in [-0.2, -0.15) is 0 Å². The lowest BCUT2D eigenvalue weighted by Gasteiger charge is -2.02. The van der Waals surface area contributed by atoms with E-state index in [1.807, 2.05) is 17.5 Å². The molecular weight excluding hydrogens is 290 g/mol. The van der Waals surface area contributed by atoms with Crippen LogP contribution in [0.4, 0.5) is 0 Å². The zero-order chi connectivity index (χ0) is 13.9. The summed E-state index contributed by atoms with van der Waals surface area (Å²) in [6, 6.07) is 6.03. The van der Waals surface area contributed by atoms with Gasteiger partial charge < -0.3 is 9.52 Å². The minimum atomic E-state index is -3.80. The largest absolute Gasteiger partial charge is 0.475 e. The SMILES string of the molecule is O=C(O)c1ccc(S(=O)(=O)NCCc2cccs2)o1. The van der Waals surface area contributed by atoms with Gasteiger partial charge in [-0.15, -0.1) is 11.3 Å². The topological polar surface area (TPSA) is 96.6 Å². The third kappa shape index (κ3) is 3.43. The van der Waals surface area contributed by atoms with E-state index in [-0.39, 0.29) is 6.54 Å². The summed E-state index contributed by atoms with van der Waals surface area (Å²) in [7, 11) is -3.80. The predicted molar refractivity (Wildman–Crippen MR) is 68.9 cm³/mol. The van der Waals surface area contributed by atoms with E-state index in [0.717, 1.165) is 17.0 Å². The molecule has 0 amide bonds. The zero-order valence-corrected chi connectivity index (χ0v) is 11.3. The van der Waals surface area contributed by atoms with Crippen molar-refractivity contribution in [1.82, 2.24) is 4.72 Å². The summed E-state index contributed by atoms with van der Waals surface area (Å²) in [4.78, 5) is 11.7. The summed E-state index contributed by atoms with van der Waals surface area (Å²) in [5, 5.41) is 10.2. The van der Waals surface area contributed by atoms with Crippen LogP contribution in [0.5, 0.6) is 0 Å². The smallest absolute Gasteiger partial charge is 0.371 e. The highest BCUT2D eigenvalue weighted by Crippen LogP contribution is 2.14. The average molecular weight is 301 g/mol. The fourth-order valence-electron chi connectivity index (χ4n) is 1.41. The number of rotatable bonds is 6. The number of carbonyl (C=O) groups is 1. The maximum Gasteiger partial charge on any atom is 0.371 e. The number of carboxylic acids is 1. The Hall–Kier alpha value is -1.64. The number of furan rings is 1. The van der Waals surface area contributed by atoms with Gasteiger partial charge in [-0.05, 0) is 30.0 Å². The molecule has 0 saturated carbocycles. The minimum Gasteiger partial charge on any atom is -0.475 e. The van der Waals surface area contributed by atoms with Gasteiger partial charge in [0.2, 0.25) is 10.9 Å². The lowest BCUT2D eigenvalue weighted by molar-refractivity contribution is 0.0656. The summed E-state index contributed by atoms with van der Waals surface area (Å²) in [6.07, 6.45) is 0.573. The number of nitrogens with one attached hydrogen (secondary N) is 1. The minimum absolute atomic E-state index is 0.228. The van der Waals surface area contributed by atoms with Gasteiger partial charge in [0.15, 0.2) is 0 Å². The molecule has 2 heterocycles. The summed E-state index contributed by atoms with van der Waals surface area (Å²) in [5.41, 5.74) is 0. The number of thiophene rings is 1. The Kier molecular flexibility index (Phi) is 4.03. The Morgan fingerprint density at radius 2 is 2.16 bits per heavy atom. The first kappa shape index (κ1) is 13.8. The molecule has 0 saturated heterocycles. The lowest BCUT2D eigenvalue weighted by Crippen LogP contribution is -2.25. The van der Waals surface area contributed by atoms with E-state index >= 15 is 0 Å². The second-order valence-corrected chi connectivity index (χ2v) is 6.38. The quantitative estimate of drug-likeness (QED) is 0.844. The standard InChI is InChI=1S/C11H11NO5S2/c13-11(14)9-3-4-10(17-9)19(15,16)12-6-5-8-2-1-7-18-8/h1-4,7,12H,5-6H2,(H,13,14). The van der Waals surface area contributed by atoms with Crippen molar-refractivity contribution in [3.8, 4) is 0 Å². The van der Waals surface area contributed by atoms with Gasteiger partial charge in [0.1, 0.15) is 0 Å². The van der Waals surface area contributed by atoms with Gasteiger partial charge in [0.25, 0.3) is 10.0 Å². The van der Waals surface area contributed by atoms with E-state index in [1.54, 1.807) is 11.3 Å². The summed E-state index contributed by atoms with van der Waals surface area (Å²) < 4.78 is 30.7. The Balaban J connectivity index is 1.99. The maximum atomic E-state index is 11.8. The first-order valence-electron chi connectivity index (χ1n) is 5.34. The molecule has 0 aliphatic carbocycles. The molecule has 2 rings (SSSR count). The number of hydrogen-bond donors (Lipinski definition) is 2. The highest BCUT2D eigenvalue weighted by Gasteiger charge is 2.20. The lowest BCUT2D eigenvalue weighted by atomic mass is 10.3. The second-order valence-electron chi connectivity index (χ2n) is 3.65. The molecule has 2 aromatic rings. The van der Waals surface area contributed by atoms with Crippen molar-refractivity contribution in [2.24, 2.45) is 0 Å². The molecule has 0 aromatic carbocycles.